The molecule has 0 aromatic heterocycles. The highest BCUT2D eigenvalue weighted by molar-refractivity contribution is 8.12. The molecule has 3 rings (SSSR count). The molecule has 1 N–H and O–H groups in total. The Labute approximate surface area is 191 Å². The van der Waals surface area contributed by atoms with Crippen LogP contribution in [0.5, 0.6) is 5.75 Å². The van der Waals surface area contributed by atoms with E-state index in [0.29, 0.717) is 17.8 Å². The molecule has 0 radical (unpaired) electrons. The molecule has 0 amide bonds. The fraction of sp³-hybridized carbons (Fsp3) is 0.200. The van der Waals surface area contributed by atoms with Crippen molar-refractivity contribution in [1.29, 1.82) is 0 Å². The van der Waals surface area contributed by atoms with Crippen LogP contribution < -0.4 is 9.46 Å². The Morgan fingerprint density at radius 3 is 2.35 bits per heavy atom. The first-order valence-electron chi connectivity index (χ1n) is 10.1. The number of hydrogen-bond acceptors (Lipinski definition) is 6. The van der Waals surface area contributed by atoms with Crippen LogP contribution >= 0.6 is 23.7 Å². The predicted octanol–water partition coefficient (Wildman–Crippen LogP) is 6.31. The average molecular weight is 452 g/mol. The Bertz CT molecular complexity index is 945. The van der Waals surface area contributed by atoms with E-state index in [2.05, 4.69) is 29.0 Å². The van der Waals surface area contributed by atoms with Gasteiger partial charge in [-0.2, -0.15) is 0 Å². The van der Waals surface area contributed by atoms with Crippen LogP contribution in [0.15, 0.2) is 83.8 Å². The van der Waals surface area contributed by atoms with Gasteiger partial charge in [0.05, 0.1) is 12.4 Å². The van der Waals surface area contributed by atoms with Crippen LogP contribution in [0, 0.1) is 0 Å². The number of ether oxygens (including phenoxy) is 1. The minimum absolute atomic E-state index is 0.0491. The van der Waals surface area contributed by atoms with Crippen LogP contribution in [-0.4, -0.2) is 23.8 Å². The maximum Gasteiger partial charge on any atom is 0.176 e. The number of anilines is 1. The SMILES string of the molecule is O=CSCC(=O)c1ccc(NSc2ccc(OCCCCc3ccccc3)cc2)cc1. The molecule has 0 aliphatic carbocycles. The number of carbonyl (C=O) groups excluding carboxylic acids is 2. The van der Waals surface area contributed by atoms with Crippen molar-refractivity contribution in [2.75, 3.05) is 17.1 Å². The molecule has 0 atom stereocenters. The van der Waals surface area contributed by atoms with E-state index < -0.39 is 0 Å². The van der Waals surface area contributed by atoms with Crippen molar-refractivity contribution in [1.82, 2.24) is 0 Å². The number of hydrogen-bond donors (Lipinski definition) is 1. The largest absolute Gasteiger partial charge is 0.494 e. The molecule has 0 heterocycles. The molecular weight excluding hydrogens is 426 g/mol. The van der Waals surface area contributed by atoms with Gasteiger partial charge in [-0.25, -0.2) is 0 Å². The summed E-state index contributed by atoms with van der Waals surface area (Å²) in [5.41, 5.74) is 3.57. The van der Waals surface area contributed by atoms with Crippen LogP contribution in [0.3, 0.4) is 0 Å². The molecule has 0 spiro atoms. The van der Waals surface area contributed by atoms with Crippen LogP contribution in [0.4, 0.5) is 5.69 Å². The van der Waals surface area contributed by atoms with Gasteiger partial charge in [0.1, 0.15) is 5.75 Å². The third kappa shape index (κ3) is 8.15. The van der Waals surface area contributed by atoms with Gasteiger partial charge in [-0.05, 0) is 85.3 Å². The molecule has 6 heteroatoms. The van der Waals surface area contributed by atoms with Crippen molar-refractivity contribution < 1.29 is 14.3 Å². The zero-order valence-electron chi connectivity index (χ0n) is 17.2. The first kappa shape index (κ1) is 23.0. The normalized spacial score (nSPS) is 10.5. The lowest BCUT2D eigenvalue weighted by Gasteiger charge is -2.09. The molecule has 0 unspecified atom stereocenters. The average Bonchev–Trinajstić information content (AvgIpc) is 2.83. The van der Waals surface area contributed by atoms with Gasteiger partial charge in [0.15, 0.2) is 11.4 Å². The highest BCUT2D eigenvalue weighted by Gasteiger charge is 2.05. The summed E-state index contributed by atoms with van der Waals surface area (Å²) in [4.78, 5) is 23.3. The van der Waals surface area contributed by atoms with Gasteiger partial charge in [0, 0.05) is 16.1 Å². The fourth-order valence-electron chi connectivity index (χ4n) is 2.90. The van der Waals surface area contributed by atoms with Crippen molar-refractivity contribution in [2.24, 2.45) is 0 Å². The lowest BCUT2D eigenvalue weighted by Crippen LogP contribution is -2.02. The van der Waals surface area contributed by atoms with Crippen molar-refractivity contribution in [3.63, 3.8) is 0 Å². The molecule has 0 aliphatic rings. The lowest BCUT2D eigenvalue weighted by molar-refractivity contribution is 0.102. The summed E-state index contributed by atoms with van der Waals surface area (Å²) in [6.07, 6.45) is 3.22. The quantitative estimate of drug-likeness (QED) is 0.142. The van der Waals surface area contributed by atoms with E-state index in [0.717, 1.165) is 47.4 Å². The number of Topliss-reactive ketones (excluding diaryl/α,β-unsaturated/α-hetero) is 1. The molecule has 0 saturated carbocycles. The van der Waals surface area contributed by atoms with E-state index in [1.165, 1.54) is 17.5 Å². The second-order valence-electron chi connectivity index (χ2n) is 6.87. The van der Waals surface area contributed by atoms with E-state index in [9.17, 15) is 9.59 Å². The smallest absolute Gasteiger partial charge is 0.176 e. The Kier molecular flexibility index (Phi) is 9.54. The van der Waals surface area contributed by atoms with Gasteiger partial charge < -0.3 is 9.46 Å². The number of ketones is 1. The summed E-state index contributed by atoms with van der Waals surface area (Å²) in [7, 11) is 0. The maximum atomic E-state index is 11.9. The minimum Gasteiger partial charge on any atom is -0.494 e. The lowest BCUT2D eigenvalue weighted by atomic mass is 10.1. The molecule has 3 aromatic rings. The summed E-state index contributed by atoms with van der Waals surface area (Å²) in [5.74, 6) is 0.999. The van der Waals surface area contributed by atoms with Crippen molar-refractivity contribution >= 4 is 40.8 Å². The molecule has 160 valence electrons. The van der Waals surface area contributed by atoms with Crippen LogP contribution in [0.25, 0.3) is 0 Å². The van der Waals surface area contributed by atoms with Gasteiger partial charge in [-0.1, -0.05) is 42.1 Å². The van der Waals surface area contributed by atoms with Gasteiger partial charge in [0.2, 0.25) is 0 Å². The molecule has 0 aliphatic heterocycles. The fourth-order valence-corrected chi connectivity index (χ4v) is 3.93. The Morgan fingerprint density at radius 1 is 0.903 bits per heavy atom. The molecule has 0 fully saturated rings. The summed E-state index contributed by atoms with van der Waals surface area (Å²) in [5, 5.41) is 0. The van der Waals surface area contributed by atoms with E-state index in [1.54, 1.807) is 12.1 Å². The molecule has 0 bridgehead atoms. The van der Waals surface area contributed by atoms with E-state index in [4.69, 9.17) is 4.74 Å². The van der Waals surface area contributed by atoms with Crippen LogP contribution in [0.2, 0.25) is 0 Å². The second kappa shape index (κ2) is 12.9. The number of benzene rings is 3. The number of unbranched alkanes of at least 4 members (excludes halogenated alkanes) is 1. The minimum atomic E-state index is -0.0491. The van der Waals surface area contributed by atoms with Crippen molar-refractivity contribution in [3.8, 4) is 5.75 Å². The molecule has 0 saturated heterocycles. The van der Waals surface area contributed by atoms with Crippen LogP contribution in [0.1, 0.15) is 28.8 Å². The van der Waals surface area contributed by atoms with Crippen molar-refractivity contribution in [3.05, 3.63) is 90.0 Å². The van der Waals surface area contributed by atoms with Gasteiger partial charge >= 0.3 is 0 Å². The zero-order valence-corrected chi connectivity index (χ0v) is 18.8. The third-order valence-electron chi connectivity index (χ3n) is 4.57. The Hall–Kier alpha value is -2.70. The summed E-state index contributed by atoms with van der Waals surface area (Å²) < 4.78 is 9.11. The van der Waals surface area contributed by atoms with Gasteiger partial charge in [0.25, 0.3) is 0 Å². The summed E-state index contributed by atoms with van der Waals surface area (Å²) >= 11 is 2.47. The van der Waals surface area contributed by atoms with Gasteiger partial charge in [-0.15, -0.1) is 0 Å². The molecule has 31 heavy (non-hydrogen) atoms. The molecule has 4 nitrogen and oxygen atoms in total. The second-order valence-corrected chi connectivity index (χ2v) is 8.57. The first-order valence-corrected chi connectivity index (χ1v) is 12.0. The summed E-state index contributed by atoms with van der Waals surface area (Å²) in [6, 6.07) is 25.8. The van der Waals surface area contributed by atoms with E-state index in [1.807, 2.05) is 42.5 Å². The van der Waals surface area contributed by atoms with Gasteiger partial charge in [-0.3, -0.25) is 9.59 Å². The van der Waals surface area contributed by atoms with E-state index in [-0.39, 0.29) is 11.5 Å². The first-order chi connectivity index (χ1) is 15.2. The molecule has 3 aromatic carbocycles. The monoisotopic (exact) mass is 451 g/mol. The predicted molar refractivity (Wildman–Crippen MR) is 131 cm³/mol. The standard InChI is InChI=1S/C25H25NO3S2/c27-19-30-18-25(28)21-9-11-22(12-10-21)26-31-24-15-13-23(14-16-24)29-17-5-4-8-20-6-2-1-3-7-20/h1-3,6-7,9-16,19,26H,4-5,8,17-18H2. The number of aryl methyl sites for hydroxylation is 1. The number of rotatable bonds is 13. The zero-order chi connectivity index (χ0) is 21.7. The molecular formula is C25H25NO3S2. The number of nitrogens with one attached hydrogen (secondary N) is 1. The van der Waals surface area contributed by atoms with Crippen molar-refractivity contribution in [2.45, 2.75) is 24.2 Å². The highest BCUT2D eigenvalue weighted by Crippen LogP contribution is 2.24. The summed E-state index contributed by atoms with van der Waals surface area (Å²) in [6.45, 7) is 0.716. The third-order valence-corrected chi connectivity index (χ3v) is 5.98. The Balaban J connectivity index is 1.36. The highest BCUT2D eigenvalue weighted by atomic mass is 32.2. The maximum absolute atomic E-state index is 11.9. The van der Waals surface area contributed by atoms with E-state index >= 15 is 0 Å². The number of carbonyl (C=O) groups is 2. The topological polar surface area (TPSA) is 55.4 Å². The van der Waals surface area contributed by atoms with Crippen LogP contribution in [-0.2, 0) is 11.2 Å². The Morgan fingerprint density at radius 2 is 1.65 bits per heavy atom. The number of thioether (sulfide) groups is 1.